The second-order valence-electron chi connectivity index (χ2n) is 6.03. The van der Waals surface area contributed by atoms with Crippen LogP contribution in [0.4, 0.5) is 0 Å². The normalized spacial score (nSPS) is 13.4. The first-order chi connectivity index (χ1) is 11.0. The number of rotatable bonds is 6. The molecule has 0 saturated carbocycles. The third kappa shape index (κ3) is 5.14. The maximum atomic E-state index is 12.4. The van der Waals surface area contributed by atoms with Crippen LogP contribution in [0.1, 0.15) is 42.1 Å². The molecule has 0 aliphatic heterocycles. The van der Waals surface area contributed by atoms with Gasteiger partial charge in [-0.1, -0.05) is 54.1 Å². The predicted octanol–water partition coefficient (Wildman–Crippen LogP) is 4.80. The highest BCUT2D eigenvalue weighted by Crippen LogP contribution is 2.21. The molecule has 0 aliphatic rings. The Morgan fingerprint density at radius 1 is 1.09 bits per heavy atom. The third-order valence-corrected chi connectivity index (χ3v) is 5.18. The van der Waals surface area contributed by atoms with Gasteiger partial charge < -0.3 is 5.32 Å². The molecule has 122 valence electrons. The Morgan fingerprint density at radius 2 is 1.78 bits per heavy atom. The summed E-state index contributed by atoms with van der Waals surface area (Å²) >= 11 is 1.67. The zero-order valence-electron chi connectivity index (χ0n) is 14.3. The van der Waals surface area contributed by atoms with Gasteiger partial charge in [-0.05, 0) is 44.4 Å². The van der Waals surface area contributed by atoms with Crippen LogP contribution in [0.15, 0.2) is 48.5 Å². The molecule has 0 fully saturated rings. The first kappa shape index (κ1) is 17.6. The van der Waals surface area contributed by atoms with Crippen LogP contribution in [0.25, 0.3) is 0 Å². The molecule has 2 aromatic rings. The minimum Gasteiger partial charge on any atom is -0.349 e. The van der Waals surface area contributed by atoms with E-state index in [1.165, 1.54) is 22.3 Å². The van der Waals surface area contributed by atoms with E-state index in [2.05, 4.69) is 49.5 Å². The molecule has 0 bridgehead atoms. The molecule has 2 nitrogen and oxygen atoms in total. The van der Waals surface area contributed by atoms with Crippen LogP contribution in [0.2, 0.25) is 0 Å². The molecule has 1 amide bonds. The lowest BCUT2D eigenvalue weighted by atomic mass is 10.0. The van der Waals surface area contributed by atoms with Crippen LogP contribution in [0.3, 0.4) is 0 Å². The van der Waals surface area contributed by atoms with E-state index in [0.29, 0.717) is 0 Å². The highest BCUT2D eigenvalue weighted by Gasteiger charge is 2.17. The summed E-state index contributed by atoms with van der Waals surface area (Å²) in [6, 6.07) is 16.7. The fourth-order valence-electron chi connectivity index (χ4n) is 2.59. The van der Waals surface area contributed by atoms with Crippen molar-refractivity contribution >= 4 is 17.7 Å². The van der Waals surface area contributed by atoms with E-state index in [4.69, 9.17) is 0 Å². The second kappa shape index (κ2) is 8.21. The number of carbonyl (C=O) groups excluding carboxylic acids is 1. The number of thioether (sulfide) groups is 1. The highest BCUT2D eigenvalue weighted by atomic mass is 32.2. The summed E-state index contributed by atoms with van der Waals surface area (Å²) in [5, 5.41) is 3.07. The first-order valence-electron chi connectivity index (χ1n) is 8.00. The highest BCUT2D eigenvalue weighted by molar-refractivity contribution is 7.99. The Hall–Kier alpha value is -1.74. The van der Waals surface area contributed by atoms with Crippen molar-refractivity contribution in [1.82, 2.24) is 5.32 Å². The van der Waals surface area contributed by atoms with E-state index in [1.54, 1.807) is 11.8 Å². The van der Waals surface area contributed by atoms with Gasteiger partial charge in [0.2, 0.25) is 5.91 Å². The van der Waals surface area contributed by atoms with Crippen molar-refractivity contribution in [3.8, 4) is 0 Å². The summed E-state index contributed by atoms with van der Waals surface area (Å²) in [7, 11) is 0. The summed E-state index contributed by atoms with van der Waals surface area (Å²) in [6.07, 6.45) is 0. The molecule has 2 rings (SSSR count). The molecule has 23 heavy (non-hydrogen) atoms. The summed E-state index contributed by atoms with van der Waals surface area (Å²) in [6.45, 7) is 8.20. The Kier molecular flexibility index (Phi) is 6.28. The smallest absolute Gasteiger partial charge is 0.233 e. The van der Waals surface area contributed by atoms with Crippen molar-refractivity contribution in [3.63, 3.8) is 0 Å². The summed E-state index contributed by atoms with van der Waals surface area (Å²) < 4.78 is 0. The van der Waals surface area contributed by atoms with Crippen LogP contribution >= 0.6 is 11.8 Å². The molecule has 0 aliphatic carbocycles. The number of carbonyl (C=O) groups is 1. The molecule has 2 atom stereocenters. The lowest BCUT2D eigenvalue weighted by Crippen LogP contribution is -2.33. The number of hydrogen-bond donors (Lipinski definition) is 1. The SMILES string of the molecule is Cc1ccc([C@H](C)NC(=O)[C@H](C)SCc2ccccc2)c(C)c1. The lowest BCUT2D eigenvalue weighted by molar-refractivity contribution is -0.120. The Labute approximate surface area is 143 Å². The van der Waals surface area contributed by atoms with E-state index in [0.717, 1.165) is 5.75 Å². The Balaban J connectivity index is 1.89. The van der Waals surface area contributed by atoms with Crippen molar-refractivity contribution in [2.45, 2.75) is 44.7 Å². The molecule has 0 saturated heterocycles. The third-order valence-electron chi connectivity index (χ3n) is 3.96. The number of aryl methyl sites for hydroxylation is 2. The quantitative estimate of drug-likeness (QED) is 0.825. The van der Waals surface area contributed by atoms with Crippen LogP contribution in [0, 0.1) is 13.8 Å². The van der Waals surface area contributed by atoms with Crippen LogP contribution < -0.4 is 5.32 Å². The summed E-state index contributed by atoms with van der Waals surface area (Å²) in [4.78, 5) is 12.4. The molecule has 0 aromatic heterocycles. The Morgan fingerprint density at radius 3 is 2.43 bits per heavy atom. The van der Waals surface area contributed by atoms with Gasteiger partial charge in [-0.25, -0.2) is 0 Å². The molecule has 3 heteroatoms. The van der Waals surface area contributed by atoms with Crippen molar-refractivity contribution < 1.29 is 4.79 Å². The van der Waals surface area contributed by atoms with Crippen molar-refractivity contribution in [2.75, 3.05) is 0 Å². The van der Waals surface area contributed by atoms with Gasteiger partial charge in [0.25, 0.3) is 0 Å². The maximum Gasteiger partial charge on any atom is 0.233 e. The Bertz CT molecular complexity index is 654. The first-order valence-corrected chi connectivity index (χ1v) is 9.05. The monoisotopic (exact) mass is 327 g/mol. The van der Waals surface area contributed by atoms with E-state index in [-0.39, 0.29) is 17.2 Å². The molecule has 0 radical (unpaired) electrons. The topological polar surface area (TPSA) is 29.1 Å². The van der Waals surface area contributed by atoms with Gasteiger partial charge in [0.05, 0.1) is 11.3 Å². The molecular weight excluding hydrogens is 302 g/mol. The van der Waals surface area contributed by atoms with E-state index >= 15 is 0 Å². The van der Waals surface area contributed by atoms with Gasteiger partial charge in [-0.3, -0.25) is 4.79 Å². The molecule has 0 heterocycles. The van der Waals surface area contributed by atoms with E-state index < -0.39 is 0 Å². The summed E-state index contributed by atoms with van der Waals surface area (Å²) in [5.74, 6) is 0.950. The zero-order valence-corrected chi connectivity index (χ0v) is 15.1. The van der Waals surface area contributed by atoms with E-state index in [1.807, 2.05) is 32.0 Å². The van der Waals surface area contributed by atoms with Crippen molar-refractivity contribution in [2.24, 2.45) is 0 Å². The van der Waals surface area contributed by atoms with Gasteiger partial charge in [0.15, 0.2) is 0 Å². The zero-order chi connectivity index (χ0) is 16.8. The van der Waals surface area contributed by atoms with Gasteiger partial charge in [0, 0.05) is 5.75 Å². The van der Waals surface area contributed by atoms with Gasteiger partial charge in [0.1, 0.15) is 0 Å². The van der Waals surface area contributed by atoms with Gasteiger partial charge in [-0.15, -0.1) is 11.8 Å². The van der Waals surface area contributed by atoms with Gasteiger partial charge >= 0.3 is 0 Å². The number of amides is 1. The van der Waals surface area contributed by atoms with Crippen molar-refractivity contribution in [1.29, 1.82) is 0 Å². The minimum atomic E-state index is -0.0663. The van der Waals surface area contributed by atoms with Crippen molar-refractivity contribution in [3.05, 3.63) is 70.8 Å². The second-order valence-corrected chi connectivity index (χ2v) is 7.36. The average Bonchev–Trinajstić information content (AvgIpc) is 2.53. The summed E-state index contributed by atoms with van der Waals surface area (Å²) in [5.41, 5.74) is 4.91. The van der Waals surface area contributed by atoms with Crippen LogP contribution in [0.5, 0.6) is 0 Å². The molecule has 0 unspecified atom stereocenters. The van der Waals surface area contributed by atoms with Gasteiger partial charge in [-0.2, -0.15) is 0 Å². The fraction of sp³-hybridized carbons (Fsp3) is 0.350. The standard InChI is InChI=1S/C20H25NOS/c1-14-10-11-19(15(2)12-14)16(3)21-20(22)17(4)23-13-18-8-6-5-7-9-18/h5-12,16-17H,13H2,1-4H3,(H,21,22)/t16-,17-/m0/s1. The fourth-order valence-corrected chi connectivity index (χ4v) is 3.45. The average molecular weight is 327 g/mol. The van der Waals surface area contributed by atoms with Crippen LogP contribution in [-0.4, -0.2) is 11.2 Å². The molecular formula is C20H25NOS. The molecule has 2 aromatic carbocycles. The van der Waals surface area contributed by atoms with E-state index in [9.17, 15) is 4.79 Å². The molecule has 1 N–H and O–H groups in total. The number of nitrogens with one attached hydrogen (secondary N) is 1. The number of hydrogen-bond acceptors (Lipinski definition) is 2. The number of benzene rings is 2. The predicted molar refractivity (Wildman–Crippen MR) is 99.7 cm³/mol. The lowest BCUT2D eigenvalue weighted by Gasteiger charge is -2.19. The van der Waals surface area contributed by atoms with Crippen LogP contribution in [-0.2, 0) is 10.5 Å². The largest absolute Gasteiger partial charge is 0.349 e. The maximum absolute atomic E-state index is 12.4. The molecule has 0 spiro atoms. The minimum absolute atomic E-state index is 0.0304.